The highest BCUT2D eigenvalue weighted by Crippen LogP contribution is 2.21. The first-order chi connectivity index (χ1) is 10.2. The monoisotopic (exact) mass is 286 g/mol. The highest BCUT2D eigenvalue weighted by molar-refractivity contribution is 5.59. The third kappa shape index (κ3) is 4.63. The van der Waals surface area contributed by atoms with Crippen LogP contribution in [0.1, 0.15) is 25.5 Å². The third-order valence-corrected chi connectivity index (χ3v) is 3.01. The Balaban J connectivity index is 2.11. The van der Waals surface area contributed by atoms with Crippen LogP contribution in [0.2, 0.25) is 0 Å². The molecule has 5 nitrogen and oxygen atoms in total. The van der Waals surface area contributed by atoms with Crippen LogP contribution in [0.5, 0.6) is 5.75 Å². The van der Waals surface area contributed by atoms with Crippen molar-refractivity contribution in [1.82, 2.24) is 9.97 Å². The summed E-state index contributed by atoms with van der Waals surface area (Å²) in [7, 11) is 1.66. The molecule has 0 fully saturated rings. The second kappa shape index (κ2) is 7.47. The molecule has 0 amide bonds. The number of methoxy groups -OCH3 is 1. The van der Waals surface area contributed by atoms with Gasteiger partial charge in [-0.2, -0.15) is 4.98 Å². The van der Waals surface area contributed by atoms with Gasteiger partial charge in [-0.1, -0.05) is 19.4 Å². The van der Waals surface area contributed by atoms with Gasteiger partial charge in [0.25, 0.3) is 0 Å². The number of hydrogen-bond acceptors (Lipinski definition) is 5. The summed E-state index contributed by atoms with van der Waals surface area (Å²) in [5, 5.41) is 6.53. The molecule has 1 aromatic carbocycles. The van der Waals surface area contributed by atoms with Crippen molar-refractivity contribution < 1.29 is 4.74 Å². The number of unbranched alkanes of at least 4 members (excludes halogenated alkanes) is 1. The van der Waals surface area contributed by atoms with Gasteiger partial charge < -0.3 is 15.4 Å². The molecule has 0 spiro atoms. The van der Waals surface area contributed by atoms with Gasteiger partial charge in [-0.3, -0.25) is 0 Å². The minimum absolute atomic E-state index is 0.661. The average Bonchev–Trinajstić information content (AvgIpc) is 2.47. The van der Waals surface area contributed by atoms with Crippen molar-refractivity contribution in [2.45, 2.75) is 26.7 Å². The molecule has 0 bridgehead atoms. The van der Waals surface area contributed by atoms with Crippen molar-refractivity contribution in [3.05, 3.63) is 36.0 Å². The maximum atomic E-state index is 5.22. The highest BCUT2D eigenvalue weighted by Gasteiger charge is 2.03. The molecule has 0 atom stereocenters. The van der Waals surface area contributed by atoms with E-state index in [9.17, 15) is 0 Å². The molecule has 21 heavy (non-hydrogen) atoms. The smallest absolute Gasteiger partial charge is 0.224 e. The summed E-state index contributed by atoms with van der Waals surface area (Å²) in [6.07, 6.45) is 2.25. The van der Waals surface area contributed by atoms with Gasteiger partial charge in [-0.05, 0) is 25.5 Å². The number of aromatic nitrogens is 2. The van der Waals surface area contributed by atoms with Crippen LogP contribution in [-0.2, 0) is 0 Å². The number of ether oxygens (including phenoxy) is 1. The van der Waals surface area contributed by atoms with Crippen LogP contribution in [0, 0.1) is 6.92 Å². The van der Waals surface area contributed by atoms with Gasteiger partial charge in [0.15, 0.2) is 0 Å². The average molecular weight is 286 g/mol. The first-order valence-electron chi connectivity index (χ1n) is 7.22. The molecule has 0 saturated carbocycles. The van der Waals surface area contributed by atoms with E-state index in [0.717, 1.165) is 42.3 Å². The van der Waals surface area contributed by atoms with Crippen molar-refractivity contribution in [2.24, 2.45) is 0 Å². The number of anilines is 3. The lowest BCUT2D eigenvalue weighted by Gasteiger charge is -2.10. The van der Waals surface area contributed by atoms with E-state index in [1.54, 1.807) is 7.11 Å². The lowest BCUT2D eigenvalue weighted by Crippen LogP contribution is -2.07. The first kappa shape index (κ1) is 15.1. The van der Waals surface area contributed by atoms with Crippen LogP contribution in [0.4, 0.5) is 17.5 Å². The van der Waals surface area contributed by atoms with Crippen LogP contribution in [-0.4, -0.2) is 23.6 Å². The normalized spacial score (nSPS) is 10.2. The Kier molecular flexibility index (Phi) is 5.37. The molecular weight excluding hydrogens is 264 g/mol. The fourth-order valence-corrected chi connectivity index (χ4v) is 1.94. The van der Waals surface area contributed by atoms with E-state index >= 15 is 0 Å². The Morgan fingerprint density at radius 3 is 2.81 bits per heavy atom. The van der Waals surface area contributed by atoms with Crippen LogP contribution >= 0.6 is 0 Å². The lowest BCUT2D eigenvalue weighted by atomic mass is 10.3. The SMILES string of the molecule is CCCCNc1nc(C)cc(Nc2cccc(OC)c2)n1. The van der Waals surface area contributed by atoms with Crippen molar-refractivity contribution in [3.63, 3.8) is 0 Å². The fraction of sp³-hybridized carbons (Fsp3) is 0.375. The summed E-state index contributed by atoms with van der Waals surface area (Å²) in [5.41, 5.74) is 1.86. The van der Waals surface area contributed by atoms with Crippen LogP contribution in [0.25, 0.3) is 0 Å². The molecule has 0 saturated heterocycles. The minimum atomic E-state index is 0.661. The lowest BCUT2D eigenvalue weighted by molar-refractivity contribution is 0.415. The summed E-state index contributed by atoms with van der Waals surface area (Å²) in [6.45, 7) is 5.01. The van der Waals surface area contributed by atoms with Crippen molar-refractivity contribution >= 4 is 17.5 Å². The Hall–Kier alpha value is -2.30. The Labute approximate surface area is 125 Å². The summed E-state index contributed by atoms with van der Waals surface area (Å²) in [6, 6.07) is 9.68. The van der Waals surface area contributed by atoms with E-state index in [2.05, 4.69) is 27.5 Å². The quantitative estimate of drug-likeness (QED) is 0.759. The predicted molar refractivity (Wildman–Crippen MR) is 86.4 cm³/mol. The van der Waals surface area contributed by atoms with E-state index in [0.29, 0.717) is 5.95 Å². The summed E-state index contributed by atoms with van der Waals surface area (Å²) < 4.78 is 5.22. The Morgan fingerprint density at radius 1 is 1.19 bits per heavy atom. The van der Waals surface area contributed by atoms with Gasteiger partial charge in [-0.25, -0.2) is 4.98 Å². The third-order valence-electron chi connectivity index (χ3n) is 3.01. The summed E-state index contributed by atoms with van der Waals surface area (Å²) in [5.74, 6) is 2.25. The Morgan fingerprint density at radius 2 is 2.05 bits per heavy atom. The van der Waals surface area contributed by atoms with Gasteiger partial charge >= 0.3 is 0 Å². The van der Waals surface area contributed by atoms with Gasteiger partial charge in [-0.15, -0.1) is 0 Å². The molecule has 0 aliphatic carbocycles. The molecular formula is C16H22N4O. The topological polar surface area (TPSA) is 59.1 Å². The number of nitrogens with zero attached hydrogens (tertiary/aromatic N) is 2. The second-order valence-electron chi connectivity index (χ2n) is 4.86. The number of aryl methyl sites for hydroxylation is 1. The molecule has 5 heteroatoms. The van der Waals surface area contributed by atoms with Crippen LogP contribution < -0.4 is 15.4 Å². The second-order valence-corrected chi connectivity index (χ2v) is 4.86. The Bertz CT molecular complexity index is 586. The molecule has 2 aromatic rings. The largest absolute Gasteiger partial charge is 0.497 e. The number of hydrogen-bond donors (Lipinski definition) is 2. The van der Waals surface area contributed by atoms with Crippen molar-refractivity contribution in [2.75, 3.05) is 24.3 Å². The maximum Gasteiger partial charge on any atom is 0.224 e. The predicted octanol–water partition coefficient (Wildman–Crippen LogP) is 3.75. The van der Waals surface area contributed by atoms with Gasteiger partial charge in [0.05, 0.1) is 7.11 Å². The van der Waals surface area contributed by atoms with Crippen LogP contribution in [0.15, 0.2) is 30.3 Å². The number of rotatable bonds is 7. The molecule has 112 valence electrons. The summed E-state index contributed by atoms with van der Waals surface area (Å²) >= 11 is 0. The fourth-order valence-electron chi connectivity index (χ4n) is 1.94. The number of nitrogens with one attached hydrogen (secondary N) is 2. The molecule has 0 unspecified atom stereocenters. The molecule has 1 heterocycles. The van der Waals surface area contributed by atoms with E-state index in [1.807, 2.05) is 37.3 Å². The van der Waals surface area contributed by atoms with E-state index in [1.165, 1.54) is 0 Å². The zero-order valence-corrected chi connectivity index (χ0v) is 12.8. The van der Waals surface area contributed by atoms with E-state index in [4.69, 9.17) is 4.74 Å². The molecule has 0 radical (unpaired) electrons. The van der Waals surface area contributed by atoms with E-state index < -0.39 is 0 Å². The first-order valence-corrected chi connectivity index (χ1v) is 7.22. The van der Waals surface area contributed by atoms with Crippen molar-refractivity contribution in [1.29, 1.82) is 0 Å². The molecule has 0 aliphatic heterocycles. The highest BCUT2D eigenvalue weighted by atomic mass is 16.5. The standard InChI is InChI=1S/C16H22N4O/c1-4-5-9-17-16-18-12(2)10-15(20-16)19-13-7-6-8-14(11-13)21-3/h6-8,10-11H,4-5,9H2,1-3H3,(H2,17,18,19,20). The van der Waals surface area contributed by atoms with Gasteiger partial charge in [0.1, 0.15) is 11.6 Å². The molecule has 2 N–H and O–H groups in total. The van der Waals surface area contributed by atoms with Gasteiger partial charge in [0.2, 0.25) is 5.95 Å². The maximum absolute atomic E-state index is 5.22. The summed E-state index contributed by atoms with van der Waals surface area (Å²) in [4.78, 5) is 8.88. The van der Waals surface area contributed by atoms with Gasteiger partial charge in [0, 0.05) is 30.1 Å². The van der Waals surface area contributed by atoms with Crippen molar-refractivity contribution in [3.8, 4) is 5.75 Å². The van der Waals surface area contributed by atoms with Crippen LogP contribution in [0.3, 0.4) is 0 Å². The zero-order valence-electron chi connectivity index (χ0n) is 12.8. The minimum Gasteiger partial charge on any atom is -0.497 e. The molecule has 2 rings (SSSR count). The molecule has 1 aromatic heterocycles. The zero-order chi connectivity index (χ0) is 15.1. The number of benzene rings is 1. The molecule has 0 aliphatic rings. The van der Waals surface area contributed by atoms with E-state index in [-0.39, 0.29) is 0 Å².